The molecule has 2 aliphatic rings. The smallest absolute Gasteiger partial charge is 0.245 e. The van der Waals surface area contributed by atoms with Gasteiger partial charge in [0.05, 0.1) is 12.4 Å². The Bertz CT molecular complexity index is 620. The number of aromatic nitrogens is 2. The topological polar surface area (TPSA) is 52.6 Å². The minimum Gasteiger partial charge on any atom is -0.338 e. The monoisotopic (exact) mass is 333 g/mol. The Hall–Kier alpha value is -2.02. The largest absolute Gasteiger partial charge is 0.338 e. The SMILES string of the molecule is C=CCN1CCN(C(C)C)C(=O)[C@@]12CCN(c1ncc(F)cn1)C2. The number of carbonyl (C=O) groups excluding carboxylic acids is 1. The van der Waals surface area contributed by atoms with Gasteiger partial charge >= 0.3 is 0 Å². The van der Waals surface area contributed by atoms with Gasteiger partial charge in [-0.1, -0.05) is 6.08 Å². The second kappa shape index (κ2) is 6.47. The molecule has 0 bridgehead atoms. The second-order valence-electron chi connectivity index (χ2n) is 6.73. The quantitative estimate of drug-likeness (QED) is 0.778. The predicted octanol–water partition coefficient (Wildman–Crippen LogP) is 1.30. The first-order chi connectivity index (χ1) is 11.5. The summed E-state index contributed by atoms with van der Waals surface area (Å²) in [6.45, 7) is 11.4. The van der Waals surface area contributed by atoms with E-state index in [4.69, 9.17) is 0 Å². The highest BCUT2D eigenvalue weighted by Gasteiger charge is 2.53. The molecule has 1 aromatic heterocycles. The first-order valence-electron chi connectivity index (χ1n) is 8.37. The fraction of sp³-hybridized carbons (Fsp3) is 0.588. The van der Waals surface area contributed by atoms with Crippen LogP contribution in [0.1, 0.15) is 20.3 Å². The molecule has 24 heavy (non-hydrogen) atoms. The molecular formula is C17H24FN5O. The standard InChI is InChI=1S/C17H24FN5O/c1-4-6-22-8-9-23(13(2)3)15(24)17(22)5-7-21(12-17)16-19-10-14(18)11-20-16/h4,10-11,13H,1,5-9,12H2,2-3H3/t17-/m0/s1. The number of hydrogen-bond donors (Lipinski definition) is 0. The Morgan fingerprint density at radius 2 is 2.04 bits per heavy atom. The van der Waals surface area contributed by atoms with Crippen molar-refractivity contribution in [2.45, 2.75) is 31.8 Å². The fourth-order valence-electron chi connectivity index (χ4n) is 3.73. The van der Waals surface area contributed by atoms with Gasteiger partial charge < -0.3 is 9.80 Å². The van der Waals surface area contributed by atoms with Crippen molar-refractivity contribution in [3.8, 4) is 0 Å². The second-order valence-corrected chi connectivity index (χ2v) is 6.73. The maximum Gasteiger partial charge on any atom is 0.245 e. The summed E-state index contributed by atoms with van der Waals surface area (Å²) in [5, 5.41) is 0. The summed E-state index contributed by atoms with van der Waals surface area (Å²) in [6, 6.07) is 0.177. The molecule has 0 saturated carbocycles. The van der Waals surface area contributed by atoms with Gasteiger partial charge in [-0.15, -0.1) is 6.58 Å². The third-order valence-electron chi connectivity index (χ3n) is 4.99. The van der Waals surface area contributed by atoms with Crippen LogP contribution in [0.25, 0.3) is 0 Å². The van der Waals surface area contributed by atoms with E-state index in [9.17, 15) is 9.18 Å². The molecule has 1 amide bonds. The van der Waals surface area contributed by atoms with E-state index in [2.05, 4.69) is 21.4 Å². The molecule has 0 aromatic carbocycles. The lowest BCUT2D eigenvalue weighted by atomic mass is 9.90. The number of nitrogens with zero attached hydrogens (tertiary/aromatic N) is 5. The lowest BCUT2D eigenvalue weighted by Gasteiger charge is -2.48. The van der Waals surface area contributed by atoms with Crippen LogP contribution in [-0.2, 0) is 4.79 Å². The van der Waals surface area contributed by atoms with Crippen molar-refractivity contribution < 1.29 is 9.18 Å². The highest BCUT2D eigenvalue weighted by Crippen LogP contribution is 2.35. The van der Waals surface area contributed by atoms with Gasteiger partial charge in [-0.3, -0.25) is 9.69 Å². The van der Waals surface area contributed by atoms with E-state index in [-0.39, 0.29) is 11.9 Å². The van der Waals surface area contributed by atoms with Crippen LogP contribution >= 0.6 is 0 Å². The average Bonchev–Trinajstić information content (AvgIpc) is 2.99. The molecule has 1 spiro atoms. The van der Waals surface area contributed by atoms with Crippen molar-refractivity contribution in [2.75, 3.05) is 37.6 Å². The molecule has 2 aliphatic heterocycles. The van der Waals surface area contributed by atoms with Crippen molar-refractivity contribution in [2.24, 2.45) is 0 Å². The molecule has 6 nitrogen and oxygen atoms in total. The number of halogens is 1. The van der Waals surface area contributed by atoms with Gasteiger partial charge in [-0.05, 0) is 20.3 Å². The van der Waals surface area contributed by atoms with Crippen molar-refractivity contribution in [3.05, 3.63) is 30.9 Å². The lowest BCUT2D eigenvalue weighted by Crippen LogP contribution is -2.68. The molecule has 130 valence electrons. The normalized spacial score (nSPS) is 25.1. The van der Waals surface area contributed by atoms with Crippen molar-refractivity contribution in [1.82, 2.24) is 19.8 Å². The number of carbonyl (C=O) groups is 1. The number of anilines is 1. The fourth-order valence-corrected chi connectivity index (χ4v) is 3.73. The Kier molecular flexibility index (Phi) is 4.54. The molecule has 7 heteroatoms. The van der Waals surface area contributed by atoms with Crippen molar-refractivity contribution in [1.29, 1.82) is 0 Å². The van der Waals surface area contributed by atoms with Crippen LogP contribution in [0.15, 0.2) is 25.0 Å². The maximum atomic E-state index is 13.2. The Morgan fingerprint density at radius 3 is 2.67 bits per heavy atom. The Morgan fingerprint density at radius 1 is 1.33 bits per heavy atom. The molecule has 1 aromatic rings. The van der Waals surface area contributed by atoms with Crippen LogP contribution in [-0.4, -0.2) is 70.0 Å². The van der Waals surface area contributed by atoms with Gasteiger partial charge in [-0.2, -0.15) is 0 Å². The number of hydrogen-bond acceptors (Lipinski definition) is 5. The number of piperazine rings is 1. The lowest BCUT2D eigenvalue weighted by molar-refractivity contribution is -0.151. The van der Waals surface area contributed by atoms with E-state index in [0.717, 1.165) is 25.5 Å². The highest BCUT2D eigenvalue weighted by atomic mass is 19.1. The third kappa shape index (κ3) is 2.77. The zero-order valence-corrected chi connectivity index (χ0v) is 14.3. The number of rotatable bonds is 4. The molecule has 2 saturated heterocycles. The summed E-state index contributed by atoms with van der Waals surface area (Å²) in [6.07, 6.45) is 4.89. The number of amides is 1. The van der Waals surface area contributed by atoms with Crippen LogP contribution in [0.5, 0.6) is 0 Å². The van der Waals surface area contributed by atoms with Crippen LogP contribution in [0.4, 0.5) is 10.3 Å². The van der Waals surface area contributed by atoms with E-state index < -0.39 is 11.4 Å². The highest BCUT2D eigenvalue weighted by molar-refractivity contribution is 5.89. The van der Waals surface area contributed by atoms with Gasteiger partial charge in [0.2, 0.25) is 11.9 Å². The molecule has 0 unspecified atom stereocenters. The third-order valence-corrected chi connectivity index (χ3v) is 4.99. The molecule has 0 N–H and O–H groups in total. The molecular weight excluding hydrogens is 309 g/mol. The molecule has 2 fully saturated rings. The molecule has 3 rings (SSSR count). The van der Waals surface area contributed by atoms with E-state index >= 15 is 0 Å². The Balaban J connectivity index is 1.88. The van der Waals surface area contributed by atoms with Crippen molar-refractivity contribution in [3.63, 3.8) is 0 Å². The van der Waals surface area contributed by atoms with Crippen LogP contribution < -0.4 is 4.90 Å². The van der Waals surface area contributed by atoms with Gasteiger partial charge in [-0.25, -0.2) is 14.4 Å². The van der Waals surface area contributed by atoms with E-state index in [0.29, 0.717) is 32.0 Å². The first kappa shape index (κ1) is 16.8. The van der Waals surface area contributed by atoms with Gasteiger partial charge in [0, 0.05) is 38.8 Å². The van der Waals surface area contributed by atoms with Crippen LogP contribution in [0.2, 0.25) is 0 Å². The summed E-state index contributed by atoms with van der Waals surface area (Å²) >= 11 is 0. The van der Waals surface area contributed by atoms with E-state index in [1.807, 2.05) is 29.7 Å². The van der Waals surface area contributed by atoms with Crippen molar-refractivity contribution >= 4 is 11.9 Å². The maximum absolute atomic E-state index is 13.2. The van der Waals surface area contributed by atoms with Crippen LogP contribution in [0, 0.1) is 5.82 Å². The summed E-state index contributed by atoms with van der Waals surface area (Å²) in [7, 11) is 0. The van der Waals surface area contributed by atoms with Gasteiger partial charge in [0.25, 0.3) is 0 Å². The first-order valence-corrected chi connectivity index (χ1v) is 8.37. The minimum atomic E-state index is -0.575. The summed E-state index contributed by atoms with van der Waals surface area (Å²) in [5.74, 6) is 0.178. The zero-order valence-electron chi connectivity index (χ0n) is 14.3. The zero-order chi connectivity index (χ0) is 17.3. The Labute approximate surface area is 142 Å². The minimum absolute atomic E-state index is 0.162. The summed E-state index contributed by atoms with van der Waals surface area (Å²) in [4.78, 5) is 27.5. The average molecular weight is 333 g/mol. The molecule has 0 aliphatic carbocycles. The van der Waals surface area contributed by atoms with E-state index in [1.54, 1.807) is 0 Å². The van der Waals surface area contributed by atoms with Crippen LogP contribution in [0.3, 0.4) is 0 Å². The molecule has 0 radical (unpaired) electrons. The molecule has 1 atom stereocenters. The van der Waals surface area contributed by atoms with E-state index in [1.165, 1.54) is 0 Å². The summed E-state index contributed by atoms with van der Waals surface area (Å²) in [5.41, 5.74) is -0.575. The predicted molar refractivity (Wildman–Crippen MR) is 90.2 cm³/mol. The van der Waals surface area contributed by atoms with Gasteiger partial charge in [0.1, 0.15) is 5.54 Å². The van der Waals surface area contributed by atoms with Gasteiger partial charge in [0.15, 0.2) is 5.82 Å². The summed E-state index contributed by atoms with van der Waals surface area (Å²) < 4.78 is 13.1. The molecule has 3 heterocycles.